The number of rotatable bonds is 15. The van der Waals surface area contributed by atoms with Crippen LogP contribution in [0.1, 0.15) is 109 Å². The average molecular weight is 437 g/mol. The largest absolute Gasteiger partial charge is 0.458 e. The number of aryl methyl sites for hydroxylation is 1. The van der Waals surface area contributed by atoms with Gasteiger partial charge in [0.05, 0.1) is 0 Å². The highest BCUT2D eigenvalue weighted by Crippen LogP contribution is 2.25. The molecule has 2 rings (SSSR count). The third-order valence-electron chi connectivity index (χ3n) is 6.40. The number of ether oxygens (including phenoxy) is 1. The molecule has 2 aromatic carbocycles. The zero-order valence-electron chi connectivity index (χ0n) is 20.9. The Morgan fingerprint density at radius 3 is 2.03 bits per heavy atom. The number of hydrogen-bond donors (Lipinski definition) is 0. The molecule has 2 atom stereocenters. The lowest BCUT2D eigenvalue weighted by atomic mass is 9.98. The van der Waals surface area contributed by atoms with Crippen molar-refractivity contribution in [3.8, 4) is 11.1 Å². The van der Waals surface area contributed by atoms with E-state index in [0.29, 0.717) is 6.42 Å². The monoisotopic (exact) mass is 436 g/mol. The molecule has 0 aliphatic carbocycles. The lowest BCUT2D eigenvalue weighted by molar-refractivity contribution is -0.148. The van der Waals surface area contributed by atoms with Crippen LogP contribution in [0.4, 0.5) is 0 Å². The highest BCUT2D eigenvalue weighted by Gasteiger charge is 2.12. The van der Waals surface area contributed by atoms with Crippen LogP contribution in [0.3, 0.4) is 0 Å². The molecule has 32 heavy (non-hydrogen) atoms. The van der Waals surface area contributed by atoms with Crippen molar-refractivity contribution in [3.63, 3.8) is 0 Å². The molecule has 0 radical (unpaired) electrons. The lowest BCUT2D eigenvalue weighted by Gasteiger charge is -2.15. The second kappa shape index (κ2) is 14.9. The number of carbonyl (C=O) groups is 1. The van der Waals surface area contributed by atoms with Gasteiger partial charge in [-0.25, -0.2) is 0 Å². The van der Waals surface area contributed by atoms with E-state index in [1.807, 2.05) is 6.92 Å². The van der Waals surface area contributed by atoms with Crippen molar-refractivity contribution in [1.29, 1.82) is 0 Å². The van der Waals surface area contributed by atoms with E-state index in [1.165, 1.54) is 68.1 Å². The number of esters is 1. The van der Waals surface area contributed by atoms with Gasteiger partial charge in [0.15, 0.2) is 0 Å². The SMILES string of the molecule is CCCCCCc1ccc(-c2ccc(C(C)OC(=O)CCCCC(C)CCC)cc2)cc1. The molecule has 2 heteroatoms. The molecule has 2 unspecified atom stereocenters. The minimum atomic E-state index is -0.207. The molecular weight excluding hydrogens is 392 g/mol. The number of unbranched alkanes of at least 4 members (excludes halogenated alkanes) is 4. The molecule has 0 aromatic heterocycles. The number of carbonyl (C=O) groups excluding carboxylic acids is 1. The van der Waals surface area contributed by atoms with Gasteiger partial charge in [-0.2, -0.15) is 0 Å². The molecule has 0 spiro atoms. The van der Waals surface area contributed by atoms with Gasteiger partial charge in [-0.3, -0.25) is 4.79 Å². The average Bonchev–Trinajstić information content (AvgIpc) is 2.80. The van der Waals surface area contributed by atoms with Crippen molar-refractivity contribution < 1.29 is 9.53 Å². The van der Waals surface area contributed by atoms with Crippen LogP contribution < -0.4 is 0 Å². The van der Waals surface area contributed by atoms with Gasteiger partial charge in [0.25, 0.3) is 0 Å². The summed E-state index contributed by atoms with van der Waals surface area (Å²) in [6, 6.07) is 17.4. The van der Waals surface area contributed by atoms with E-state index >= 15 is 0 Å². The van der Waals surface area contributed by atoms with Crippen LogP contribution in [0.15, 0.2) is 48.5 Å². The minimum Gasteiger partial charge on any atom is -0.458 e. The van der Waals surface area contributed by atoms with Gasteiger partial charge >= 0.3 is 5.97 Å². The molecule has 0 amide bonds. The predicted octanol–water partition coefficient (Wildman–Crippen LogP) is 9.08. The maximum atomic E-state index is 12.2. The highest BCUT2D eigenvalue weighted by atomic mass is 16.5. The zero-order valence-corrected chi connectivity index (χ0v) is 20.9. The van der Waals surface area contributed by atoms with Gasteiger partial charge in [0.1, 0.15) is 6.10 Å². The molecule has 2 nitrogen and oxygen atoms in total. The van der Waals surface area contributed by atoms with Gasteiger partial charge < -0.3 is 4.74 Å². The van der Waals surface area contributed by atoms with Gasteiger partial charge in [0.2, 0.25) is 0 Å². The van der Waals surface area contributed by atoms with Crippen LogP contribution >= 0.6 is 0 Å². The summed E-state index contributed by atoms with van der Waals surface area (Å²) in [5.74, 6) is 0.676. The van der Waals surface area contributed by atoms with Crippen molar-refractivity contribution in [2.75, 3.05) is 0 Å². The van der Waals surface area contributed by atoms with Crippen LogP contribution in [0.5, 0.6) is 0 Å². The van der Waals surface area contributed by atoms with E-state index in [1.54, 1.807) is 0 Å². The lowest BCUT2D eigenvalue weighted by Crippen LogP contribution is -2.08. The Morgan fingerprint density at radius 1 is 0.750 bits per heavy atom. The Kier molecular flexibility index (Phi) is 12.2. The summed E-state index contributed by atoms with van der Waals surface area (Å²) in [6.07, 6.45) is 12.4. The standard InChI is InChI=1S/C30H44O2/c1-5-7-8-9-14-26-16-18-28(19-17-26)29-22-20-27(21-23-29)25(4)32-30(31)15-11-10-13-24(3)12-6-2/h16-25H,5-15H2,1-4H3. The van der Waals surface area contributed by atoms with E-state index in [2.05, 4.69) is 69.3 Å². The molecule has 0 fully saturated rings. The maximum Gasteiger partial charge on any atom is 0.306 e. The Hall–Kier alpha value is -2.09. The van der Waals surface area contributed by atoms with Crippen molar-refractivity contribution >= 4 is 5.97 Å². The van der Waals surface area contributed by atoms with E-state index in [0.717, 1.165) is 24.3 Å². The molecule has 0 heterocycles. The van der Waals surface area contributed by atoms with Crippen molar-refractivity contribution in [2.24, 2.45) is 5.92 Å². The van der Waals surface area contributed by atoms with Crippen molar-refractivity contribution in [3.05, 3.63) is 59.7 Å². The van der Waals surface area contributed by atoms with Crippen LogP contribution in [0.2, 0.25) is 0 Å². The summed E-state index contributed by atoms with van der Waals surface area (Å²) < 4.78 is 5.67. The Bertz CT molecular complexity index is 760. The second-order valence-electron chi connectivity index (χ2n) is 9.40. The molecule has 2 aromatic rings. The van der Waals surface area contributed by atoms with Gasteiger partial charge in [-0.15, -0.1) is 0 Å². The first-order valence-corrected chi connectivity index (χ1v) is 12.9. The molecule has 176 valence electrons. The first-order chi connectivity index (χ1) is 15.5. The summed E-state index contributed by atoms with van der Waals surface area (Å²) in [5, 5.41) is 0. The fraction of sp³-hybridized carbons (Fsp3) is 0.567. The third kappa shape index (κ3) is 9.59. The molecule has 0 aliphatic heterocycles. The van der Waals surface area contributed by atoms with E-state index in [-0.39, 0.29) is 12.1 Å². The van der Waals surface area contributed by atoms with Gasteiger partial charge in [-0.05, 0) is 54.4 Å². The number of hydrogen-bond acceptors (Lipinski definition) is 2. The molecule has 0 aliphatic rings. The zero-order chi connectivity index (χ0) is 23.2. The first-order valence-electron chi connectivity index (χ1n) is 12.9. The van der Waals surface area contributed by atoms with Crippen molar-refractivity contribution in [2.45, 2.75) is 104 Å². The van der Waals surface area contributed by atoms with Gasteiger partial charge in [0, 0.05) is 6.42 Å². The highest BCUT2D eigenvalue weighted by molar-refractivity contribution is 5.69. The molecular formula is C30H44O2. The fourth-order valence-corrected chi connectivity index (χ4v) is 4.29. The topological polar surface area (TPSA) is 26.3 Å². The third-order valence-corrected chi connectivity index (χ3v) is 6.40. The minimum absolute atomic E-state index is 0.0840. The summed E-state index contributed by atoms with van der Waals surface area (Å²) in [7, 11) is 0. The Balaban J connectivity index is 1.78. The molecule has 0 saturated heterocycles. The Labute approximate surface area is 196 Å². The second-order valence-corrected chi connectivity index (χ2v) is 9.40. The quantitative estimate of drug-likeness (QED) is 0.205. The van der Waals surface area contributed by atoms with E-state index in [9.17, 15) is 4.79 Å². The first kappa shape index (κ1) is 26.2. The predicted molar refractivity (Wildman–Crippen MR) is 137 cm³/mol. The smallest absolute Gasteiger partial charge is 0.306 e. The summed E-state index contributed by atoms with van der Waals surface area (Å²) in [4.78, 5) is 12.2. The van der Waals surface area contributed by atoms with Crippen LogP contribution in [-0.2, 0) is 16.0 Å². The fourth-order valence-electron chi connectivity index (χ4n) is 4.29. The summed E-state index contributed by atoms with van der Waals surface area (Å²) in [5.41, 5.74) is 4.90. The van der Waals surface area contributed by atoms with E-state index < -0.39 is 0 Å². The van der Waals surface area contributed by atoms with Gasteiger partial charge in [-0.1, -0.05) is 114 Å². The molecule has 0 N–H and O–H groups in total. The molecule has 0 bridgehead atoms. The summed E-state index contributed by atoms with van der Waals surface area (Å²) >= 11 is 0. The van der Waals surface area contributed by atoms with E-state index in [4.69, 9.17) is 4.74 Å². The number of benzene rings is 2. The van der Waals surface area contributed by atoms with Crippen molar-refractivity contribution in [1.82, 2.24) is 0 Å². The normalized spacial score (nSPS) is 13.0. The Morgan fingerprint density at radius 2 is 1.41 bits per heavy atom. The van der Waals surface area contributed by atoms with Crippen LogP contribution in [0.25, 0.3) is 11.1 Å². The maximum absolute atomic E-state index is 12.2. The van der Waals surface area contributed by atoms with Crippen LogP contribution in [0, 0.1) is 5.92 Å². The van der Waals surface area contributed by atoms with Crippen LogP contribution in [-0.4, -0.2) is 5.97 Å². The molecule has 0 saturated carbocycles. The summed E-state index contributed by atoms with van der Waals surface area (Å²) in [6.45, 7) is 8.75.